The van der Waals surface area contributed by atoms with Gasteiger partial charge in [-0.25, -0.2) is 9.37 Å². The summed E-state index contributed by atoms with van der Waals surface area (Å²) in [4.78, 5) is 4.60. The molecule has 0 radical (unpaired) electrons. The predicted molar refractivity (Wildman–Crippen MR) is 125 cm³/mol. The highest BCUT2D eigenvalue weighted by atomic mass is 35.5. The number of alkyl halides is 7. The standard InChI is InChI=1S/C22H22Cl2F7N3S/c1-14(23)11-16(24)3-2-9-32-20-33-19(22(29,30)31)18(35-20)13-34(10-8-21(26,27)28)12-15-4-6-17(25)7-5-15/h2-7,11,14H,8-10,12-13H2,1H3,(H,32,33)/b3-2-,16-11+. The zero-order chi connectivity index (χ0) is 26.2. The van der Waals surface area contributed by atoms with Crippen LogP contribution in [-0.2, 0) is 19.3 Å². The van der Waals surface area contributed by atoms with Crippen molar-refractivity contribution < 1.29 is 30.7 Å². The lowest BCUT2D eigenvalue weighted by Crippen LogP contribution is -2.28. The molecule has 0 saturated heterocycles. The zero-order valence-corrected chi connectivity index (χ0v) is 20.7. The maximum atomic E-state index is 13.6. The van der Waals surface area contributed by atoms with E-state index in [0.29, 0.717) is 21.9 Å². The molecule has 2 aromatic rings. The minimum Gasteiger partial charge on any atom is -0.358 e. The average molecular weight is 564 g/mol. The largest absolute Gasteiger partial charge is 0.434 e. The van der Waals surface area contributed by atoms with Gasteiger partial charge >= 0.3 is 12.4 Å². The molecule has 2 rings (SSSR count). The molecule has 1 aromatic carbocycles. The fraction of sp³-hybridized carbons (Fsp3) is 0.409. The van der Waals surface area contributed by atoms with Crippen LogP contribution in [0.2, 0.25) is 0 Å². The van der Waals surface area contributed by atoms with Crippen LogP contribution in [0.1, 0.15) is 29.5 Å². The van der Waals surface area contributed by atoms with Gasteiger partial charge in [-0.05, 0) is 36.8 Å². The second-order valence-corrected chi connectivity index (χ2v) is 9.71. The number of benzene rings is 1. The molecule has 1 atom stereocenters. The molecule has 0 amide bonds. The van der Waals surface area contributed by atoms with Gasteiger partial charge in [-0.3, -0.25) is 4.90 Å². The Kier molecular flexibility index (Phi) is 10.9. The van der Waals surface area contributed by atoms with E-state index in [2.05, 4.69) is 10.3 Å². The van der Waals surface area contributed by atoms with Gasteiger partial charge in [0.25, 0.3) is 0 Å². The molecule has 35 heavy (non-hydrogen) atoms. The van der Waals surface area contributed by atoms with Crippen LogP contribution in [-0.4, -0.2) is 34.5 Å². The first kappa shape index (κ1) is 29.4. The number of rotatable bonds is 11. The van der Waals surface area contributed by atoms with Crippen molar-refractivity contribution in [3.63, 3.8) is 0 Å². The Labute approximate surface area is 212 Å². The minimum absolute atomic E-state index is 0.0413. The number of thiazole rings is 1. The summed E-state index contributed by atoms with van der Waals surface area (Å²) in [7, 11) is 0. The van der Waals surface area contributed by atoms with Crippen molar-refractivity contribution in [2.24, 2.45) is 0 Å². The highest BCUT2D eigenvalue weighted by Crippen LogP contribution is 2.37. The molecule has 0 aliphatic carbocycles. The highest BCUT2D eigenvalue weighted by Gasteiger charge is 2.38. The Morgan fingerprint density at radius 1 is 1.14 bits per heavy atom. The quantitative estimate of drug-likeness (QED) is 0.171. The molecular formula is C22H22Cl2F7N3S. The Morgan fingerprint density at radius 2 is 1.80 bits per heavy atom. The van der Waals surface area contributed by atoms with Gasteiger partial charge in [0.05, 0.1) is 16.7 Å². The maximum Gasteiger partial charge on any atom is 0.434 e. The Balaban J connectivity index is 2.20. The van der Waals surface area contributed by atoms with Gasteiger partial charge in [0.2, 0.25) is 0 Å². The van der Waals surface area contributed by atoms with Crippen molar-refractivity contribution in [3.8, 4) is 0 Å². The molecule has 1 aromatic heterocycles. The summed E-state index contributed by atoms with van der Waals surface area (Å²) in [5, 5.41) is 2.75. The van der Waals surface area contributed by atoms with Gasteiger partial charge in [0.15, 0.2) is 10.8 Å². The van der Waals surface area contributed by atoms with Gasteiger partial charge in [0, 0.05) is 31.2 Å². The van der Waals surface area contributed by atoms with Crippen LogP contribution in [0.25, 0.3) is 0 Å². The fourth-order valence-corrected chi connectivity index (χ4v) is 4.41. The molecule has 1 N–H and O–H groups in total. The molecule has 194 valence electrons. The number of nitrogens with zero attached hydrogens (tertiary/aromatic N) is 2. The van der Waals surface area contributed by atoms with E-state index in [4.69, 9.17) is 23.2 Å². The van der Waals surface area contributed by atoms with E-state index in [9.17, 15) is 30.7 Å². The summed E-state index contributed by atoms with van der Waals surface area (Å²) in [6.07, 6.45) is -5.84. The fourth-order valence-electron chi connectivity index (χ4n) is 2.90. The summed E-state index contributed by atoms with van der Waals surface area (Å²) in [5.41, 5.74) is -0.703. The van der Waals surface area contributed by atoms with Crippen LogP contribution >= 0.6 is 34.5 Å². The molecule has 0 fully saturated rings. The third kappa shape index (κ3) is 11.2. The second kappa shape index (κ2) is 12.9. The number of allylic oxidation sites excluding steroid dienone is 3. The molecule has 1 unspecified atom stereocenters. The SMILES string of the molecule is CC(Cl)/C=C(Cl)\C=C/CNc1nc(C(F)(F)F)c(CN(CCC(F)(F)F)Cc2ccc(F)cc2)s1. The normalized spacial score (nSPS) is 14.2. The van der Waals surface area contributed by atoms with Crippen molar-refractivity contribution in [1.29, 1.82) is 0 Å². The molecular weight excluding hydrogens is 542 g/mol. The first-order valence-corrected chi connectivity index (χ1v) is 11.9. The van der Waals surface area contributed by atoms with E-state index in [1.165, 1.54) is 23.1 Å². The predicted octanol–water partition coefficient (Wildman–Crippen LogP) is 7.97. The summed E-state index contributed by atoms with van der Waals surface area (Å²) in [6, 6.07) is 5.01. The molecule has 0 saturated carbocycles. The highest BCUT2D eigenvalue weighted by molar-refractivity contribution is 7.15. The van der Waals surface area contributed by atoms with Crippen molar-refractivity contribution in [2.75, 3.05) is 18.4 Å². The van der Waals surface area contributed by atoms with E-state index in [-0.39, 0.29) is 28.5 Å². The molecule has 0 aliphatic rings. The molecule has 0 spiro atoms. The van der Waals surface area contributed by atoms with Crippen molar-refractivity contribution in [1.82, 2.24) is 9.88 Å². The van der Waals surface area contributed by atoms with Crippen LogP contribution in [0.3, 0.4) is 0 Å². The van der Waals surface area contributed by atoms with Gasteiger partial charge < -0.3 is 5.32 Å². The van der Waals surface area contributed by atoms with E-state index >= 15 is 0 Å². The van der Waals surface area contributed by atoms with E-state index < -0.39 is 43.4 Å². The molecule has 3 nitrogen and oxygen atoms in total. The van der Waals surface area contributed by atoms with Gasteiger partial charge in [-0.2, -0.15) is 26.3 Å². The monoisotopic (exact) mass is 563 g/mol. The van der Waals surface area contributed by atoms with Gasteiger partial charge in [-0.1, -0.05) is 29.8 Å². The summed E-state index contributed by atoms with van der Waals surface area (Å²) in [6.45, 7) is 0.768. The van der Waals surface area contributed by atoms with Crippen molar-refractivity contribution in [3.05, 3.63) is 69.5 Å². The average Bonchev–Trinajstić information content (AvgIpc) is 3.13. The summed E-state index contributed by atoms with van der Waals surface area (Å²) >= 11 is 12.4. The van der Waals surface area contributed by atoms with E-state index in [0.717, 1.165) is 12.1 Å². The number of nitrogens with one attached hydrogen (secondary N) is 1. The van der Waals surface area contributed by atoms with Gasteiger partial charge in [0.1, 0.15) is 5.82 Å². The number of anilines is 1. The molecule has 13 heteroatoms. The van der Waals surface area contributed by atoms with E-state index in [1.54, 1.807) is 19.1 Å². The van der Waals surface area contributed by atoms with Crippen LogP contribution in [0.4, 0.5) is 35.9 Å². The molecule has 0 aliphatic heterocycles. The third-order valence-corrected chi connectivity index (χ3v) is 5.78. The molecule has 0 bridgehead atoms. The van der Waals surface area contributed by atoms with Crippen LogP contribution < -0.4 is 5.32 Å². The number of aromatic nitrogens is 1. The number of hydrogen-bond acceptors (Lipinski definition) is 4. The van der Waals surface area contributed by atoms with E-state index in [1.807, 2.05) is 0 Å². The molecule has 1 heterocycles. The summed E-state index contributed by atoms with van der Waals surface area (Å²) in [5.74, 6) is -0.531. The first-order chi connectivity index (χ1) is 16.2. The lowest BCUT2D eigenvalue weighted by molar-refractivity contribution is -0.143. The second-order valence-electron chi connectivity index (χ2n) is 7.50. The Bertz CT molecular complexity index is 1000. The van der Waals surface area contributed by atoms with Crippen molar-refractivity contribution in [2.45, 2.75) is 44.2 Å². The minimum atomic E-state index is -4.80. The smallest absolute Gasteiger partial charge is 0.358 e. The maximum absolute atomic E-state index is 13.6. The summed E-state index contributed by atoms with van der Waals surface area (Å²) < 4.78 is 92.4. The lowest BCUT2D eigenvalue weighted by Gasteiger charge is -2.23. The van der Waals surface area contributed by atoms with Gasteiger partial charge in [-0.15, -0.1) is 22.9 Å². The first-order valence-electron chi connectivity index (χ1n) is 10.2. The van der Waals surface area contributed by atoms with Crippen LogP contribution in [0.15, 0.2) is 47.5 Å². The topological polar surface area (TPSA) is 28.2 Å². The van der Waals surface area contributed by atoms with Crippen molar-refractivity contribution >= 4 is 39.7 Å². The number of hydrogen-bond donors (Lipinski definition) is 1. The van der Waals surface area contributed by atoms with Crippen LogP contribution in [0.5, 0.6) is 0 Å². The third-order valence-electron chi connectivity index (χ3n) is 4.40. The number of halogens is 9. The Hall–Kier alpha value is -1.82. The zero-order valence-electron chi connectivity index (χ0n) is 18.4. The lowest BCUT2D eigenvalue weighted by atomic mass is 10.2. The Morgan fingerprint density at radius 3 is 2.37 bits per heavy atom. The van der Waals surface area contributed by atoms with Crippen LogP contribution in [0, 0.1) is 5.82 Å².